The molecule has 0 saturated heterocycles. The number of rotatable bonds is 4. The van der Waals surface area contributed by atoms with E-state index in [2.05, 4.69) is 11.4 Å². The van der Waals surface area contributed by atoms with Crippen LogP contribution in [-0.2, 0) is 6.54 Å². The number of para-hydroxylation sites is 1. The Kier molecular flexibility index (Phi) is 3.73. The summed E-state index contributed by atoms with van der Waals surface area (Å²) < 4.78 is 5.30. The van der Waals surface area contributed by atoms with E-state index in [4.69, 9.17) is 9.68 Å². The van der Waals surface area contributed by atoms with Crippen LogP contribution in [0.2, 0.25) is 0 Å². The van der Waals surface area contributed by atoms with E-state index in [1.54, 1.807) is 17.8 Å². The zero-order valence-corrected chi connectivity index (χ0v) is 10.3. The molecular formula is C13H12N2OS. The SMILES string of the molecule is CSc1ccccc1NCc1ccc(C#N)o1. The van der Waals surface area contributed by atoms with E-state index >= 15 is 0 Å². The predicted molar refractivity (Wildman–Crippen MR) is 69.0 cm³/mol. The molecule has 1 heterocycles. The summed E-state index contributed by atoms with van der Waals surface area (Å²) in [6.07, 6.45) is 2.04. The first kappa shape index (κ1) is 11.6. The Labute approximate surface area is 104 Å². The zero-order chi connectivity index (χ0) is 12.1. The molecule has 0 radical (unpaired) electrons. The summed E-state index contributed by atoms with van der Waals surface area (Å²) in [6.45, 7) is 0.583. The van der Waals surface area contributed by atoms with E-state index in [1.165, 1.54) is 4.90 Å². The van der Waals surface area contributed by atoms with Crippen molar-refractivity contribution in [1.29, 1.82) is 5.26 Å². The molecular weight excluding hydrogens is 232 g/mol. The number of benzene rings is 1. The molecule has 4 heteroatoms. The summed E-state index contributed by atoms with van der Waals surface area (Å²) in [7, 11) is 0. The second-order valence-corrected chi connectivity index (χ2v) is 4.28. The van der Waals surface area contributed by atoms with E-state index in [-0.39, 0.29) is 0 Å². The molecule has 0 saturated carbocycles. The van der Waals surface area contributed by atoms with E-state index in [0.717, 1.165) is 11.4 Å². The molecule has 0 aliphatic heterocycles. The summed E-state index contributed by atoms with van der Waals surface area (Å²) >= 11 is 1.69. The number of hydrogen-bond donors (Lipinski definition) is 1. The van der Waals surface area contributed by atoms with Gasteiger partial charge in [0, 0.05) is 10.6 Å². The molecule has 0 bridgehead atoms. The van der Waals surface area contributed by atoms with Gasteiger partial charge in [-0.2, -0.15) is 5.26 Å². The van der Waals surface area contributed by atoms with Gasteiger partial charge in [0.05, 0.1) is 6.54 Å². The lowest BCUT2D eigenvalue weighted by molar-refractivity contribution is 0.506. The fraction of sp³-hybridized carbons (Fsp3) is 0.154. The number of hydrogen-bond acceptors (Lipinski definition) is 4. The zero-order valence-electron chi connectivity index (χ0n) is 9.43. The molecule has 0 spiro atoms. The molecule has 1 N–H and O–H groups in total. The average Bonchev–Trinajstić information content (AvgIpc) is 2.84. The number of nitrogens with zero attached hydrogens (tertiary/aromatic N) is 1. The Bertz CT molecular complexity index is 542. The first-order chi connectivity index (χ1) is 8.33. The van der Waals surface area contributed by atoms with E-state index in [0.29, 0.717) is 12.3 Å². The highest BCUT2D eigenvalue weighted by atomic mass is 32.2. The van der Waals surface area contributed by atoms with Crippen LogP contribution in [0.15, 0.2) is 45.7 Å². The first-order valence-electron chi connectivity index (χ1n) is 5.19. The molecule has 3 nitrogen and oxygen atoms in total. The molecule has 0 fully saturated rings. The lowest BCUT2D eigenvalue weighted by Gasteiger charge is -2.08. The number of thioether (sulfide) groups is 1. The van der Waals surface area contributed by atoms with Gasteiger partial charge in [0.15, 0.2) is 0 Å². The smallest absolute Gasteiger partial charge is 0.203 e. The van der Waals surface area contributed by atoms with Gasteiger partial charge in [-0.3, -0.25) is 0 Å². The van der Waals surface area contributed by atoms with Crippen molar-refractivity contribution in [3.8, 4) is 6.07 Å². The summed E-state index contributed by atoms with van der Waals surface area (Å²) in [5, 5.41) is 11.9. The maximum absolute atomic E-state index is 8.65. The van der Waals surface area contributed by atoms with Crippen LogP contribution in [0.25, 0.3) is 0 Å². The lowest BCUT2D eigenvalue weighted by atomic mass is 10.3. The number of nitrogens with one attached hydrogen (secondary N) is 1. The molecule has 1 aromatic heterocycles. The molecule has 2 rings (SSSR count). The van der Waals surface area contributed by atoms with Gasteiger partial charge in [-0.1, -0.05) is 12.1 Å². The van der Waals surface area contributed by atoms with Crippen LogP contribution in [-0.4, -0.2) is 6.26 Å². The van der Waals surface area contributed by atoms with Crippen LogP contribution in [0.5, 0.6) is 0 Å². The van der Waals surface area contributed by atoms with Crippen molar-refractivity contribution in [2.24, 2.45) is 0 Å². The molecule has 0 unspecified atom stereocenters. The highest BCUT2D eigenvalue weighted by Crippen LogP contribution is 2.25. The third kappa shape index (κ3) is 2.83. The molecule has 0 atom stereocenters. The summed E-state index contributed by atoms with van der Waals surface area (Å²) in [4.78, 5) is 1.19. The number of anilines is 1. The normalized spacial score (nSPS) is 9.88. The minimum Gasteiger partial charge on any atom is -0.449 e. The largest absolute Gasteiger partial charge is 0.449 e. The molecule has 1 aromatic carbocycles. The standard InChI is InChI=1S/C13H12N2OS/c1-17-13-5-3-2-4-12(13)15-9-11-7-6-10(8-14)16-11/h2-7,15H,9H2,1H3. The van der Waals surface area contributed by atoms with Crippen molar-refractivity contribution >= 4 is 17.4 Å². The van der Waals surface area contributed by atoms with Crippen LogP contribution in [0.1, 0.15) is 11.5 Å². The Morgan fingerprint density at radius 2 is 2.12 bits per heavy atom. The van der Waals surface area contributed by atoms with Crippen molar-refractivity contribution < 1.29 is 4.42 Å². The van der Waals surface area contributed by atoms with Gasteiger partial charge in [-0.05, 0) is 30.5 Å². The molecule has 17 heavy (non-hydrogen) atoms. The third-order valence-electron chi connectivity index (χ3n) is 2.33. The fourth-order valence-corrected chi connectivity index (χ4v) is 2.08. The van der Waals surface area contributed by atoms with E-state index in [1.807, 2.05) is 36.6 Å². The summed E-state index contributed by atoms with van der Waals surface area (Å²) in [6, 6.07) is 13.6. The molecule has 0 aliphatic rings. The van der Waals surface area contributed by atoms with Gasteiger partial charge < -0.3 is 9.73 Å². The highest BCUT2D eigenvalue weighted by Gasteiger charge is 2.03. The van der Waals surface area contributed by atoms with Crippen LogP contribution < -0.4 is 5.32 Å². The Hall–Kier alpha value is -1.86. The second-order valence-electron chi connectivity index (χ2n) is 3.43. The van der Waals surface area contributed by atoms with Crippen LogP contribution in [0.4, 0.5) is 5.69 Å². The maximum atomic E-state index is 8.65. The maximum Gasteiger partial charge on any atom is 0.203 e. The second kappa shape index (κ2) is 5.46. The van der Waals surface area contributed by atoms with Crippen molar-refractivity contribution in [3.05, 3.63) is 47.9 Å². The van der Waals surface area contributed by atoms with Crippen LogP contribution in [0, 0.1) is 11.3 Å². The van der Waals surface area contributed by atoms with Crippen molar-refractivity contribution in [3.63, 3.8) is 0 Å². The predicted octanol–water partition coefficient (Wildman–Crippen LogP) is 3.49. The van der Waals surface area contributed by atoms with Gasteiger partial charge in [0.25, 0.3) is 0 Å². The summed E-state index contributed by atoms with van der Waals surface area (Å²) in [5.74, 6) is 1.11. The third-order valence-corrected chi connectivity index (χ3v) is 3.13. The molecule has 86 valence electrons. The molecule has 0 aliphatic carbocycles. The molecule has 2 aromatic rings. The highest BCUT2D eigenvalue weighted by molar-refractivity contribution is 7.98. The van der Waals surface area contributed by atoms with Gasteiger partial charge in [0.1, 0.15) is 11.8 Å². The van der Waals surface area contributed by atoms with Crippen LogP contribution >= 0.6 is 11.8 Å². The minimum atomic E-state index is 0.347. The Morgan fingerprint density at radius 1 is 1.29 bits per heavy atom. The summed E-state index contributed by atoms with van der Waals surface area (Å²) in [5.41, 5.74) is 1.08. The van der Waals surface area contributed by atoms with E-state index in [9.17, 15) is 0 Å². The topological polar surface area (TPSA) is 49.0 Å². The van der Waals surface area contributed by atoms with Gasteiger partial charge >= 0.3 is 0 Å². The fourth-order valence-electron chi connectivity index (χ4n) is 1.51. The van der Waals surface area contributed by atoms with Crippen LogP contribution in [0.3, 0.4) is 0 Å². The van der Waals surface area contributed by atoms with E-state index < -0.39 is 0 Å². The van der Waals surface area contributed by atoms with Gasteiger partial charge in [0.2, 0.25) is 5.76 Å². The van der Waals surface area contributed by atoms with Crippen molar-refractivity contribution in [2.75, 3.05) is 11.6 Å². The quantitative estimate of drug-likeness (QED) is 0.836. The van der Waals surface area contributed by atoms with Gasteiger partial charge in [-0.25, -0.2) is 0 Å². The monoisotopic (exact) mass is 244 g/mol. The Morgan fingerprint density at radius 3 is 2.82 bits per heavy atom. The first-order valence-corrected chi connectivity index (χ1v) is 6.41. The number of furan rings is 1. The van der Waals surface area contributed by atoms with Crippen molar-refractivity contribution in [2.45, 2.75) is 11.4 Å². The lowest BCUT2D eigenvalue weighted by Crippen LogP contribution is -1.99. The molecule has 0 amide bonds. The average molecular weight is 244 g/mol. The number of nitriles is 1. The Balaban J connectivity index is 2.05. The van der Waals surface area contributed by atoms with Gasteiger partial charge in [-0.15, -0.1) is 11.8 Å². The minimum absolute atomic E-state index is 0.347. The van der Waals surface area contributed by atoms with Crippen molar-refractivity contribution in [1.82, 2.24) is 0 Å².